The summed E-state index contributed by atoms with van der Waals surface area (Å²) in [4.78, 5) is 16.0. The minimum Gasteiger partial charge on any atom is -0.361 e. The van der Waals surface area contributed by atoms with Gasteiger partial charge in [-0.15, -0.1) is 0 Å². The average Bonchev–Trinajstić information content (AvgIpc) is 3.44. The minimum atomic E-state index is -3.46. The van der Waals surface area contributed by atoms with Gasteiger partial charge in [-0.05, 0) is 43.7 Å². The van der Waals surface area contributed by atoms with E-state index in [4.69, 9.17) is 0 Å². The summed E-state index contributed by atoms with van der Waals surface area (Å²) in [6.45, 7) is 2.02. The Balaban J connectivity index is 1.53. The number of hydrogen-bond donors (Lipinski definition) is 2. The van der Waals surface area contributed by atoms with Crippen molar-refractivity contribution < 1.29 is 13.2 Å². The van der Waals surface area contributed by atoms with Crippen molar-refractivity contribution in [3.05, 3.63) is 18.3 Å². The molecule has 0 bridgehead atoms. The number of anilines is 1. The van der Waals surface area contributed by atoms with Crippen molar-refractivity contribution in [3.8, 4) is 0 Å². The molecule has 2 N–H and O–H groups in total. The van der Waals surface area contributed by atoms with Crippen LogP contribution in [0.25, 0.3) is 0 Å². The first-order chi connectivity index (χ1) is 11.6. The number of piperidine rings is 1. The molecule has 0 unspecified atom stereocenters. The van der Waals surface area contributed by atoms with E-state index in [1.807, 2.05) is 0 Å². The normalized spacial score (nSPS) is 19.0. The second kappa shape index (κ2) is 7.48. The molecule has 132 valence electrons. The van der Waals surface area contributed by atoms with Crippen LogP contribution in [0.1, 0.15) is 32.1 Å². The molecular weight excluding hydrogens is 328 g/mol. The van der Waals surface area contributed by atoms with Crippen LogP contribution in [0.3, 0.4) is 0 Å². The Morgan fingerprint density at radius 2 is 1.96 bits per heavy atom. The second-order valence-corrected chi connectivity index (χ2v) is 8.38. The predicted octanol–water partition coefficient (Wildman–Crippen LogP) is 1.19. The van der Waals surface area contributed by atoms with Crippen LogP contribution in [0, 0.1) is 5.92 Å². The first kappa shape index (κ1) is 17.2. The average molecular weight is 352 g/mol. The number of sulfonamides is 1. The van der Waals surface area contributed by atoms with Gasteiger partial charge in [-0.3, -0.25) is 4.79 Å². The van der Waals surface area contributed by atoms with Crippen LogP contribution in [0.4, 0.5) is 5.82 Å². The van der Waals surface area contributed by atoms with Gasteiger partial charge in [-0.25, -0.2) is 13.4 Å². The quantitative estimate of drug-likeness (QED) is 0.769. The molecule has 7 nitrogen and oxygen atoms in total. The molecule has 0 radical (unpaired) electrons. The fourth-order valence-corrected chi connectivity index (χ4v) is 4.17. The molecule has 0 atom stereocenters. The predicted molar refractivity (Wildman–Crippen MR) is 91.1 cm³/mol. The number of aromatic nitrogens is 1. The van der Waals surface area contributed by atoms with E-state index in [2.05, 4.69) is 15.6 Å². The van der Waals surface area contributed by atoms with E-state index in [-0.39, 0.29) is 17.3 Å². The largest absolute Gasteiger partial charge is 0.361 e. The molecule has 8 heteroatoms. The Bertz CT molecular complexity index is 665. The van der Waals surface area contributed by atoms with Crippen LogP contribution in [0.2, 0.25) is 0 Å². The van der Waals surface area contributed by atoms with Gasteiger partial charge in [-0.1, -0.05) is 6.42 Å². The summed E-state index contributed by atoms with van der Waals surface area (Å²) < 4.78 is 26.6. The zero-order chi connectivity index (χ0) is 17.0. The lowest BCUT2D eigenvalue weighted by Gasteiger charge is -2.25. The highest BCUT2D eigenvalue weighted by atomic mass is 32.2. The molecule has 1 saturated carbocycles. The first-order valence-electron chi connectivity index (χ1n) is 8.52. The van der Waals surface area contributed by atoms with E-state index in [1.54, 1.807) is 12.1 Å². The monoisotopic (exact) mass is 352 g/mol. The molecular formula is C16H24N4O3S. The van der Waals surface area contributed by atoms with E-state index >= 15 is 0 Å². The molecule has 1 amide bonds. The first-order valence-corrected chi connectivity index (χ1v) is 9.96. The number of carbonyl (C=O) groups excluding carboxylic acids is 1. The number of nitrogens with one attached hydrogen (secondary N) is 2. The molecule has 0 spiro atoms. The number of carbonyl (C=O) groups is 1. The smallest absolute Gasteiger partial charge is 0.244 e. The molecule has 2 fully saturated rings. The lowest BCUT2D eigenvalue weighted by molar-refractivity contribution is -0.119. The van der Waals surface area contributed by atoms with Crippen LogP contribution in [-0.4, -0.2) is 49.8 Å². The second-order valence-electron chi connectivity index (χ2n) is 6.44. The van der Waals surface area contributed by atoms with Crippen LogP contribution in [-0.2, 0) is 14.8 Å². The standard InChI is InChI=1S/C16H24N4O3S/c21-16(19-10-13-4-5-13)12-18-15-7-6-14(11-17-15)24(22,23)20-8-2-1-3-9-20/h6-7,11,13H,1-5,8-10,12H2,(H,17,18)(H,19,21). The number of nitrogens with zero attached hydrogens (tertiary/aromatic N) is 2. The maximum absolute atomic E-state index is 12.5. The maximum Gasteiger partial charge on any atom is 0.244 e. The van der Waals surface area contributed by atoms with Crippen LogP contribution >= 0.6 is 0 Å². The van der Waals surface area contributed by atoms with Crippen molar-refractivity contribution in [3.63, 3.8) is 0 Å². The molecule has 0 aromatic carbocycles. The number of pyridine rings is 1. The zero-order valence-electron chi connectivity index (χ0n) is 13.7. The van der Waals surface area contributed by atoms with Gasteiger partial charge >= 0.3 is 0 Å². The Morgan fingerprint density at radius 3 is 2.58 bits per heavy atom. The van der Waals surface area contributed by atoms with Crippen LogP contribution in [0.5, 0.6) is 0 Å². The molecule has 3 rings (SSSR count). The summed E-state index contributed by atoms with van der Waals surface area (Å²) in [5.41, 5.74) is 0. The van der Waals surface area contributed by atoms with Crippen molar-refractivity contribution in [1.82, 2.24) is 14.6 Å². The molecule has 24 heavy (non-hydrogen) atoms. The summed E-state index contributed by atoms with van der Waals surface area (Å²) in [6.07, 6.45) is 6.64. The van der Waals surface area contributed by atoms with Gasteiger partial charge in [0.05, 0.1) is 6.54 Å². The SMILES string of the molecule is O=C(CNc1ccc(S(=O)(=O)N2CCCCC2)cn1)NCC1CC1. The maximum atomic E-state index is 12.5. The van der Waals surface area contributed by atoms with E-state index in [1.165, 1.54) is 23.3 Å². The Morgan fingerprint density at radius 1 is 1.21 bits per heavy atom. The highest BCUT2D eigenvalue weighted by molar-refractivity contribution is 7.89. The van der Waals surface area contributed by atoms with Crippen molar-refractivity contribution in [2.75, 3.05) is 31.5 Å². The van der Waals surface area contributed by atoms with Gasteiger partial charge in [-0.2, -0.15) is 4.31 Å². The lowest BCUT2D eigenvalue weighted by atomic mass is 10.2. The van der Waals surface area contributed by atoms with Gasteiger partial charge in [0.1, 0.15) is 10.7 Å². The Kier molecular flexibility index (Phi) is 5.35. The highest BCUT2D eigenvalue weighted by Gasteiger charge is 2.26. The molecule has 2 heterocycles. The molecule has 1 aromatic heterocycles. The van der Waals surface area contributed by atoms with Gasteiger partial charge in [0.15, 0.2) is 0 Å². The fourth-order valence-electron chi connectivity index (χ4n) is 2.71. The van der Waals surface area contributed by atoms with Gasteiger partial charge in [0.2, 0.25) is 15.9 Å². The van der Waals surface area contributed by atoms with Crippen molar-refractivity contribution in [2.24, 2.45) is 5.92 Å². The third-order valence-corrected chi connectivity index (χ3v) is 6.29. The van der Waals surface area contributed by atoms with Crippen molar-refractivity contribution >= 4 is 21.7 Å². The third kappa shape index (κ3) is 4.45. The number of amides is 1. The minimum absolute atomic E-state index is 0.0753. The molecule has 2 aliphatic rings. The summed E-state index contributed by atoms with van der Waals surface area (Å²) in [6, 6.07) is 3.15. The number of hydrogen-bond acceptors (Lipinski definition) is 5. The lowest BCUT2D eigenvalue weighted by Crippen LogP contribution is -2.35. The molecule has 1 aromatic rings. The summed E-state index contributed by atoms with van der Waals surface area (Å²) in [5.74, 6) is 1.06. The fraction of sp³-hybridized carbons (Fsp3) is 0.625. The topological polar surface area (TPSA) is 91.4 Å². The zero-order valence-corrected chi connectivity index (χ0v) is 14.5. The summed E-state index contributed by atoms with van der Waals surface area (Å²) in [5, 5.41) is 5.78. The van der Waals surface area contributed by atoms with Gasteiger partial charge in [0.25, 0.3) is 0 Å². The molecule has 1 aliphatic heterocycles. The van der Waals surface area contributed by atoms with Crippen molar-refractivity contribution in [1.29, 1.82) is 0 Å². The summed E-state index contributed by atoms with van der Waals surface area (Å²) in [7, 11) is -3.46. The third-order valence-electron chi connectivity index (χ3n) is 4.40. The number of rotatable bonds is 7. The van der Waals surface area contributed by atoms with E-state index in [9.17, 15) is 13.2 Å². The Labute approximate surface area is 142 Å². The van der Waals surface area contributed by atoms with Gasteiger partial charge in [0, 0.05) is 25.8 Å². The summed E-state index contributed by atoms with van der Waals surface area (Å²) >= 11 is 0. The van der Waals surface area contributed by atoms with E-state index < -0.39 is 10.0 Å². The van der Waals surface area contributed by atoms with E-state index in [0.29, 0.717) is 24.8 Å². The Hall–Kier alpha value is -1.67. The van der Waals surface area contributed by atoms with Crippen LogP contribution < -0.4 is 10.6 Å². The highest BCUT2D eigenvalue weighted by Crippen LogP contribution is 2.27. The van der Waals surface area contributed by atoms with E-state index in [0.717, 1.165) is 25.8 Å². The molecule has 1 saturated heterocycles. The van der Waals surface area contributed by atoms with Gasteiger partial charge < -0.3 is 10.6 Å². The molecule has 1 aliphatic carbocycles. The van der Waals surface area contributed by atoms with Crippen LogP contribution in [0.15, 0.2) is 23.2 Å². The van der Waals surface area contributed by atoms with Crippen molar-refractivity contribution in [2.45, 2.75) is 37.0 Å².